The third-order valence-electron chi connectivity index (χ3n) is 3.55. The number of nitrogens with zero attached hydrogens (tertiary/aromatic N) is 1. The normalized spacial score (nSPS) is 10.8. The monoisotopic (exact) mass is 297 g/mol. The Hall–Kier alpha value is -2.13. The van der Waals surface area contributed by atoms with Gasteiger partial charge in [0.15, 0.2) is 5.78 Å². The van der Waals surface area contributed by atoms with Gasteiger partial charge in [0.2, 0.25) is 0 Å². The summed E-state index contributed by atoms with van der Waals surface area (Å²) < 4.78 is 5.50. The van der Waals surface area contributed by atoms with Gasteiger partial charge < -0.3 is 9.64 Å². The average Bonchev–Trinajstić information content (AvgIpc) is 2.47. The third kappa shape index (κ3) is 3.95. The van der Waals surface area contributed by atoms with Gasteiger partial charge in [0.05, 0.1) is 12.7 Å². The number of ketones is 1. The van der Waals surface area contributed by atoms with E-state index in [1.165, 1.54) is 5.56 Å². The molecule has 3 nitrogen and oxygen atoms in total. The smallest absolute Gasteiger partial charge is 0.163 e. The van der Waals surface area contributed by atoms with E-state index in [1.54, 1.807) is 14.0 Å². The lowest BCUT2D eigenvalue weighted by Crippen LogP contribution is -2.13. The molecule has 0 aliphatic rings. The molecule has 2 aromatic rings. The number of ether oxygens (including phenoxy) is 1. The quantitative estimate of drug-likeness (QED) is 0.764. The van der Waals surface area contributed by atoms with E-state index in [1.807, 2.05) is 38.4 Å². The summed E-state index contributed by atoms with van der Waals surface area (Å²) >= 11 is 0. The minimum absolute atomic E-state index is 0.0340. The maximum absolute atomic E-state index is 12.0. The molecule has 0 fully saturated rings. The lowest BCUT2D eigenvalue weighted by Gasteiger charge is -2.17. The number of methoxy groups -OCH3 is 1. The minimum Gasteiger partial charge on any atom is -0.496 e. The van der Waals surface area contributed by atoms with Crippen molar-refractivity contribution in [1.29, 1.82) is 0 Å². The first-order chi connectivity index (χ1) is 10.5. The standard InChI is InChI=1S/C19H23NO2/c1-14(21)18-12-16(10-15-8-6-5-7-9-15)11-17(13-20(2)3)19(18)22-4/h5-9,11-12H,10,13H2,1-4H3. The fraction of sp³-hybridized carbons (Fsp3) is 0.316. The second-order valence-corrected chi connectivity index (χ2v) is 5.79. The highest BCUT2D eigenvalue weighted by molar-refractivity contribution is 5.97. The first kappa shape index (κ1) is 16.2. The molecular weight excluding hydrogens is 274 g/mol. The highest BCUT2D eigenvalue weighted by Gasteiger charge is 2.15. The Balaban J connectivity index is 2.46. The summed E-state index contributed by atoms with van der Waals surface area (Å²) in [5.41, 5.74) is 4.07. The van der Waals surface area contributed by atoms with Gasteiger partial charge in [-0.2, -0.15) is 0 Å². The summed E-state index contributed by atoms with van der Waals surface area (Å²) in [7, 11) is 5.64. The Morgan fingerprint density at radius 2 is 1.77 bits per heavy atom. The highest BCUT2D eigenvalue weighted by atomic mass is 16.5. The number of Topliss-reactive ketones (excluding diaryl/α,β-unsaturated/α-hetero) is 1. The van der Waals surface area contributed by atoms with Crippen molar-refractivity contribution in [3.8, 4) is 5.75 Å². The molecule has 116 valence electrons. The van der Waals surface area contributed by atoms with E-state index in [2.05, 4.69) is 23.1 Å². The van der Waals surface area contributed by atoms with Crippen molar-refractivity contribution in [2.45, 2.75) is 19.9 Å². The van der Waals surface area contributed by atoms with Gasteiger partial charge in [-0.3, -0.25) is 4.79 Å². The van der Waals surface area contributed by atoms with Crippen molar-refractivity contribution < 1.29 is 9.53 Å². The van der Waals surface area contributed by atoms with Crippen molar-refractivity contribution in [2.24, 2.45) is 0 Å². The van der Waals surface area contributed by atoms with E-state index >= 15 is 0 Å². The Kier molecular flexibility index (Phi) is 5.34. The van der Waals surface area contributed by atoms with Gasteiger partial charge in [0.1, 0.15) is 5.75 Å². The highest BCUT2D eigenvalue weighted by Crippen LogP contribution is 2.28. The van der Waals surface area contributed by atoms with E-state index in [4.69, 9.17) is 4.74 Å². The van der Waals surface area contributed by atoms with Crippen LogP contribution in [0.15, 0.2) is 42.5 Å². The molecule has 3 heteroatoms. The molecule has 0 amide bonds. The van der Waals surface area contributed by atoms with E-state index in [-0.39, 0.29) is 5.78 Å². The third-order valence-corrected chi connectivity index (χ3v) is 3.55. The molecule has 0 radical (unpaired) electrons. The van der Waals surface area contributed by atoms with Crippen molar-refractivity contribution in [3.63, 3.8) is 0 Å². The van der Waals surface area contributed by atoms with Gasteiger partial charge in [0.25, 0.3) is 0 Å². The molecule has 2 aromatic carbocycles. The molecule has 0 atom stereocenters. The molecule has 0 aliphatic heterocycles. The van der Waals surface area contributed by atoms with Crippen LogP contribution in [0.2, 0.25) is 0 Å². The minimum atomic E-state index is 0.0340. The van der Waals surface area contributed by atoms with Crippen LogP contribution in [0.5, 0.6) is 5.75 Å². The fourth-order valence-corrected chi connectivity index (χ4v) is 2.65. The van der Waals surface area contributed by atoms with Crippen LogP contribution in [0.4, 0.5) is 0 Å². The fourth-order valence-electron chi connectivity index (χ4n) is 2.65. The lowest BCUT2D eigenvalue weighted by atomic mass is 9.97. The first-order valence-electron chi connectivity index (χ1n) is 7.40. The van der Waals surface area contributed by atoms with Crippen LogP contribution >= 0.6 is 0 Å². The lowest BCUT2D eigenvalue weighted by molar-refractivity contribution is 0.101. The zero-order chi connectivity index (χ0) is 16.1. The van der Waals surface area contributed by atoms with Crippen LogP contribution in [0, 0.1) is 0 Å². The van der Waals surface area contributed by atoms with Gasteiger partial charge in [0, 0.05) is 12.1 Å². The van der Waals surface area contributed by atoms with Gasteiger partial charge in [-0.25, -0.2) is 0 Å². The number of rotatable bonds is 6. The maximum atomic E-state index is 12.0. The molecule has 0 aliphatic carbocycles. The SMILES string of the molecule is COc1c(CN(C)C)cc(Cc2ccccc2)cc1C(C)=O. The molecule has 0 N–H and O–H groups in total. The largest absolute Gasteiger partial charge is 0.496 e. The van der Waals surface area contributed by atoms with Crippen LogP contribution in [0.1, 0.15) is 34.0 Å². The van der Waals surface area contributed by atoms with Crippen LogP contribution in [-0.4, -0.2) is 31.9 Å². The van der Waals surface area contributed by atoms with Crippen LogP contribution in [0.3, 0.4) is 0 Å². The van der Waals surface area contributed by atoms with E-state index in [0.29, 0.717) is 11.3 Å². The second kappa shape index (κ2) is 7.23. The first-order valence-corrected chi connectivity index (χ1v) is 7.40. The van der Waals surface area contributed by atoms with Crippen molar-refractivity contribution >= 4 is 5.78 Å². The number of hydrogen-bond donors (Lipinski definition) is 0. The molecule has 0 saturated carbocycles. The summed E-state index contributed by atoms with van der Waals surface area (Å²) in [4.78, 5) is 14.1. The Bertz CT molecular complexity index is 648. The topological polar surface area (TPSA) is 29.5 Å². The number of hydrogen-bond acceptors (Lipinski definition) is 3. The molecule has 0 aromatic heterocycles. The van der Waals surface area contributed by atoms with Crippen molar-refractivity contribution in [3.05, 3.63) is 64.7 Å². The summed E-state index contributed by atoms with van der Waals surface area (Å²) in [6, 6.07) is 14.4. The zero-order valence-corrected chi connectivity index (χ0v) is 13.7. The summed E-state index contributed by atoms with van der Waals surface area (Å²) in [5.74, 6) is 0.727. The molecule has 2 rings (SSSR count). The van der Waals surface area contributed by atoms with Gasteiger partial charge in [-0.1, -0.05) is 36.4 Å². The van der Waals surface area contributed by atoms with E-state index < -0.39 is 0 Å². The number of carbonyl (C=O) groups excluding carboxylic acids is 1. The maximum Gasteiger partial charge on any atom is 0.163 e. The predicted octanol–water partition coefficient (Wildman–Crippen LogP) is 3.55. The van der Waals surface area contributed by atoms with Crippen molar-refractivity contribution in [2.75, 3.05) is 21.2 Å². The van der Waals surface area contributed by atoms with Crippen LogP contribution in [0.25, 0.3) is 0 Å². The molecule has 0 unspecified atom stereocenters. The van der Waals surface area contributed by atoms with Gasteiger partial charge in [-0.15, -0.1) is 0 Å². The van der Waals surface area contributed by atoms with E-state index in [9.17, 15) is 4.79 Å². The van der Waals surface area contributed by atoms with Crippen molar-refractivity contribution in [1.82, 2.24) is 4.90 Å². The summed E-state index contributed by atoms with van der Waals surface area (Å²) in [5, 5.41) is 0. The second-order valence-electron chi connectivity index (χ2n) is 5.79. The summed E-state index contributed by atoms with van der Waals surface area (Å²) in [6.07, 6.45) is 0.811. The van der Waals surface area contributed by atoms with Crippen LogP contribution < -0.4 is 4.74 Å². The van der Waals surface area contributed by atoms with Gasteiger partial charge in [-0.05, 0) is 44.6 Å². The summed E-state index contributed by atoms with van der Waals surface area (Å²) in [6.45, 7) is 2.33. The number of benzene rings is 2. The molecule has 0 heterocycles. The molecule has 22 heavy (non-hydrogen) atoms. The van der Waals surface area contributed by atoms with Crippen LogP contribution in [-0.2, 0) is 13.0 Å². The average molecular weight is 297 g/mol. The zero-order valence-electron chi connectivity index (χ0n) is 13.7. The van der Waals surface area contributed by atoms with E-state index in [0.717, 1.165) is 24.1 Å². The molecule has 0 bridgehead atoms. The Morgan fingerprint density at radius 3 is 2.32 bits per heavy atom. The Labute approximate surface area is 132 Å². The number of carbonyl (C=O) groups is 1. The predicted molar refractivity (Wildman–Crippen MR) is 89.6 cm³/mol. The molecular formula is C19H23NO2. The molecule has 0 spiro atoms. The Morgan fingerprint density at radius 1 is 1.09 bits per heavy atom. The molecule has 0 saturated heterocycles. The van der Waals surface area contributed by atoms with Gasteiger partial charge >= 0.3 is 0 Å².